The van der Waals surface area contributed by atoms with Crippen LogP contribution < -0.4 is 11.1 Å². The zero-order valence-electron chi connectivity index (χ0n) is 14.1. The van der Waals surface area contributed by atoms with Gasteiger partial charge in [-0.25, -0.2) is 0 Å². The van der Waals surface area contributed by atoms with E-state index in [0.29, 0.717) is 13.1 Å². The normalized spacial score (nSPS) is 16.0. The molecule has 0 aromatic rings. The molecule has 0 aromatic carbocycles. The van der Waals surface area contributed by atoms with Gasteiger partial charge in [0.1, 0.15) is 0 Å². The molecule has 0 radical (unpaired) electrons. The zero-order valence-corrected chi connectivity index (χ0v) is 14.1. The Balaban J connectivity index is 2.26. The summed E-state index contributed by atoms with van der Waals surface area (Å²) in [6.07, 6.45) is 8.39. The maximum Gasteiger partial charge on any atom is 0.234 e. The summed E-state index contributed by atoms with van der Waals surface area (Å²) in [5.41, 5.74) is 7.34. The molecule has 1 rings (SSSR count). The van der Waals surface area contributed by atoms with Gasteiger partial charge in [-0.3, -0.25) is 9.69 Å². The molecule has 4 nitrogen and oxygen atoms in total. The van der Waals surface area contributed by atoms with Crippen LogP contribution >= 0.6 is 0 Å². The van der Waals surface area contributed by atoms with Crippen LogP contribution in [0.15, 0.2) is 11.6 Å². The molecule has 0 aliphatic heterocycles. The lowest BCUT2D eigenvalue weighted by atomic mass is 9.93. The third-order valence-corrected chi connectivity index (χ3v) is 4.17. The van der Waals surface area contributed by atoms with Crippen LogP contribution in [0.25, 0.3) is 0 Å². The molecule has 0 heterocycles. The van der Waals surface area contributed by atoms with E-state index in [2.05, 4.69) is 37.1 Å². The Hall–Kier alpha value is -0.870. The highest BCUT2D eigenvalue weighted by Gasteiger charge is 2.20. The second kappa shape index (κ2) is 9.21. The van der Waals surface area contributed by atoms with Crippen molar-refractivity contribution >= 4 is 5.91 Å². The third-order valence-electron chi connectivity index (χ3n) is 4.17. The number of nitrogens with zero attached hydrogens (tertiary/aromatic N) is 1. The van der Waals surface area contributed by atoms with Crippen LogP contribution in [0.1, 0.15) is 52.9 Å². The molecule has 0 aromatic heterocycles. The summed E-state index contributed by atoms with van der Waals surface area (Å²) >= 11 is 0. The monoisotopic (exact) mass is 295 g/mol. The first-order chi connectivity index (χ1) is 9.96. The first-order valence-electron chi connectivity index (χ1n) is 8.34. The van der Waals surface area contributed by atoms with Gasteiger partial charge < -0.3 is 11.1 Å². The number of rotatable bonds is 9. The molecule has 0 bridgehead atoms. The Morgan fingerprint density at radius 3 is 2.76 bits per heavy atom. The highest BCUT2D eigenvalue weighted by Crippen LogP contribution is 2.19. The van der Waals surface area contributed by atoms with E-state index in [9.17, 15) is 4.79 Å². The van der Waals surface area contributed by atoms with Gasteiger partial charge in [0.15, 0.2) is 0 Å². The molecular formula is C17H33N3O. The van der Waals surface area contributed by atoms with Crippen LogP contribution in [0, 0.1) is 5.41 Å². The van der Waals surface area contributed by atoms with Crippen LogP contribution in [-0.2, 0) is 4.79 Å². The van der Waals surface area contributed by atoms with E-state index < -0.39 is 0 Å². The van der Waals surface area contributed by atoms with Gasteiger partial charge in [-0.05, 0) is 50.6 Å². The van der Waals surface area contributed by atoms with E-state index in [4.69, 9.17) is 5.73 Å². The Bertz CT molecular complexity index is 350. The summed E-state index contributed by atoms with van der Waals surface area (Å²) in [5.74, 6) is 0.126. The number of likely N-dealkylation sites (N-methyl/N-ethyl adjacent to an activating group) is 1. The van der Waals surface area contributed by atoms with Crippen LogP contribution in [-0.4, -0.2) is 43.5 Å². The average molecular weight is 295 g/mol. The van der Waals surface area contributed by atoms with Crippen molar-refractivity contribution < 1.29 is 4.79 Å². The van der Waals surface area contributed by atoms with Crippen molar-refractivity contribution in [3.05, 3.63) is 11.6 Å². The highest BCUT2D eigenvalue weighted by atomic mass is 16.2. The zero-order chi connectivity index (χ0) is 15.7. The molecule has 1 aliphatic rings. The molecule has 0 unspecified atom stereocenters. The van der Waals surface area contributed by atoms with Crippen LogP contribution in [0.4, 0.5) is 0 Å². The molecule has 21 heavy (non-hydrogen) atoms. The number of amides is 1. The van der Waals surface area contributed by atoms with E-state index in [-0.39, 0.29) is 11.3 Å². The van der Waals surface area contributed by atoms with Crippen LogP contribution in [0.3, 0.4) is 0 Å². The Morgan fingerprint density at radius 2 is 2.19 bits per heavy atom. The number of carbonyl (C=O) groups excluding carboxylic acids is 1. The van der Waals surface area contributed by atoms with E-state index in [0.717, 1.165) is 26.1 Å². The van der Waals surface area contributed by atoms with Gasteiger partial charge in [-0.15, -0.1) is 0 Å². The maximum absolute atomic E-state index is 12.0. The molecule has 0 saturated carbocycles. The van der Waals surface area contributed by atoms with Crippen molar-refractivity contribution in [2.24, 2.45) is 11.1 Å². The number of carbonyl (C=O) groups is 1. The van der Waals surface area contributed by atoms with Gasteiger partial charge in [0.2, 0.25) is 5.91 Å². The number of hydrogen-bond donors (Lipinski definition) is 2. The molecule has 0 fully saturated rings. The minimum atomic E-state index is 0.0587. The van der Waals surface area contributed by atoms with E-state index in [1.54, 1.807) is 0 Å². The third kappa shape index (κ3) is 7.63. The SMILES string of the molecule is CCN(CC(=O)NCCC1=CCCCC1)CC(C)(C)CN. The molecule has 3 N–H and O–H groups in total. The second-order valence-electron chi connectivity index (χ2n) is 6.88. The summed E-state index contributed by atoms with van der Waals surface area (Å²) in [5, 5.41) is 3.05. The van der Waals surface area contributed by atoms with E-state index in [1.807, 2.05) is 0 Å². The van der Waals surface area contributed by atoms with Crippen molar-refractivity contribution in [2.45, 2.75) is 52.9 Å². The second-order valence-corrected chi connectivity index (χ2v) is 6.88. The summed E-state index contributed by atoms with van der Waals surface area (Å²) in [6, 6.07) is 0. The van der Waals surface area contributed by atoms with Gasteiger partial charge in [0, 0.05) is 13.1 Å². The molecule has 1 aliphatic carbocycles. The topological polar surface area (TPSA) is 58.4 Å². The van der Waals surface area contributed by atoms with Crippen LogP contribution in [0.2, 0.25) is 0 Å². The fourth-order valence-electron chi connectivity index (χ4n) is 2.70. The van der Waals surface area contributed by atoms with Gasteiger partial charge in [-0.2, -0.15) is 0 Å². The average Bonchev–Trinajstić information content (AvgIpc) is 2.47. The van der Waals surface area contributed by atoms with Crippen molar-refractivity contribution in [3.8, 4) is 0 Å². The van der Waals surface area contributed by atoms with E-state index in [1.165, 1.54) is 31.3 Å². The lowest BCUT2D eigenvalue weighted by Gasteiger charge is -2.30. The molecular weight excluding hydrogens is 262 g/mol. The first-order valence-corrected chi connectivity index (χ1v) is 8.34. The number of hydrogen-bond acceptors (Lipinski definition) is 3. The smallest absolute Gasteiger partial charge is 0.234 e. The molecule has 4 heteroatoms. The van der Waals surface area contributed by atoms with Crippen LogP contribution in [0.5, 0.6) is 0 Å². The number of allylic oxidation sites excluding steroid dienone is 1. The summed E-state index contributed by atoms with van der Waals surface area (Å²) in [4.78, 5) is 14.2. The molecule has 122 valence electrons. The van der Waals surface area contributed by atoms with Crippen molar-refractivity contribution in [1.82, 2.24) is 10.2 Å². The predicted octanol–water partition coefficient (Wildman–Crippen LogP) is 2.30. The Morgan fingerprint density at radius 1 is 1.43 bits per heavy atom. The molecule has 0 spiro atoms. The predicted molar refractivity (Wildman–Crippen MR) is 89.1 cm³/mol. The standard InChI is InChI=1S/C17H33N3O/c1-4-20(14-17(2,3)13-18)12-16(21)19-11-10-15-8-6-5-7-9-15/h8H,4-7,9-14,18H2,1-3H3,(H,19,21). The van der Waals surface area contributed by atoms with Gasteiger partial charge in [0.05, 0.1) is 6.54 Å². The molecule has 0 atom stereocenters. The molecule has 1 amide bonds. The summed E-state index contributed by atoms with van der Waals surface area (Å²) in [6.45, 7) is 9.99. The van der Waals surface area contributed by atoms with Gasteiger partial charge in [-0.1, -0.05) is 32.4 Å². The molecule has 0 saturated heterocycles. The highest BCUT2D eigenvalue weighted by molar-refractivity contribution is 5.78. The maximum atomic E-state index is 12.0. The van der Waals surface area contributed by atoms with Gasteiger partial charge in [0.25, 0.3) is 0 Å². The Labute approximate surface area is 130 Å². The summed E-state index contributed by atoms with van der Waals surface area (Å²) < 4.78 is 0. The fourth-order valence-corrected chi connectivity index (χ4v) is 2.70. The number of nitrogens with one attached hydrogen (secondary N) is 1. The van der Waals surface area contributed by atoms with Gasteiger partial charge >= 0.3 is 0 Å². The lowest BCUT2D eigenvalue weighted by molar-refractivity contribution is -0.122. The minimum Gasteiger partial charge on any atom is -0.355 e. The largest absolute Gasteiger partial charge is 0.355 e. The Kier molecular flexibility index (Phi) is 7.97. The summed E-state index contributed by atoms with van der Waals surface area (Å²) in [7, 11) is 0. The van der Waals surface area contributed by atoms with E-state index >= 15 is 0 Å². The fraction of sp³-hybridized carbons (Fsp3) is 0.824. The van der Waals surface area contributed by atoms with Crippen molar-refractivity contribution in [2.75, 3.05) is 32.7 Å². The first kappa shape index (κ1) is 18.2. The quantitative estimate of drug-likeness (QED) is 0.642. The van der Waals surface area contributed by atoms with Crippen molar-refractivity contribution in [3.63, 3.8) is 0 Å². The van der Waals surface area contributed by atoms with Crippen molar-refractivity contribution in [1.29, 1.82) is 0 Å². The number of nitrogens with two attached hydrogens (primary N) is 1. The lowest BCUT2D eigenvalue weighted by Crippen LogP contribution is -2.44. The minimum absolute atomic E-state index is 0.0587.